The second kappa shape index (κ2) is 4.74. The van der Waals surface area contributed by atoms with Crippen molar-refractivity contribution in [2.24, 2.45) is 5.73 Å². The van der Waals surface area contributed by atoms with E-state index in [1.165, 1.54) is 0 Å². The zero-order valence-corrected chi connectivity index (χ0v) is 10.2. The van der Waals surface area contributed by atoms with Gasteiger partial charge in [0.05, 0.1) is 6.54 Å². The average Bonchev–Trinajstić information content (AvgIpc) is 2.79. The third-order valence-corrected chi connectivity index (χ3v) is 3.14. The van der Waals surface area contributed by atoms with Crippen LogP contribution in [0.4, 0.5) is 0 Å². The number of nitrogens with zero attached hydrogens (tertiary/aromatic N) is 3. The van der Waals surface area contributed by atoms with Crippen molar-refractivity contribution < 1.29 is 0 Å². The Labute approximate surface area is 106 Å². The molecular weight excluding hydrogens is 224 g/mol. The van der Waals surface area contributed by atoms with E-state index in [1.807, 2.05) is 35.0 Å². The van der Waals surface area contributed by atoms with Crippen molar-refractivity contribution in [3.05, 3.63) is 47.5 Å². The van der Waals surface area contributed by atoms with Crippen molar-refractivity contribution >= 4 is 12.2 Å². The third kappa shape index (κ3) is 2.33. The summed E-state index contributed by atoms with van der Waals surface area (Å²) in [7, 11) is 0. The quantitative estimate of drug-likeness (QED) is 0.869. The SMILES string of the molecule is NC1CCc2nc(/C=C/c3ccccc3)nn2C1. The van der Waals surface area contributed by atoms with Crippen LogP contribution in [0.3, 0.4) is 0 Å². The Morgan fingerprint density at radius 2 is 2.06 bits per heavy atom. The molecule has 4 nitrogen and oxygen atoms in total. The lowest BCUT2D eigenvalue weighted by atomic mass is 10.1. The topological polar surface area (TPSA) is 56.7 Å². The van der Waals surface area contributed by atoms with E-state index in [2.05, 4.69) is 22.2 Å². The lowest BCUT2D eigenvalue weighted by molar-refractivity contribution is 0.421. The van der Waals surface area contributed by atoms with E-state index in [4.69, 9.17) is 5.73 Å². The van der Waals surface area contributed by atoms with Crippen molar-refractivity contribution in [2.75, 3.05) is 0 Å². The lowest BCUT2D eigenvalue weighted by Crippen LogP contribution is -2.32. The van der Waals surface area contributed by atoms with Gasteiger partial charge in [-0.3, -0.25) is 0 Å². The van der Waals surface area contributed by atoms with Gasteiger partial charge in [-0.15, -0.1) is 0 Å². The summed E-state index contributed by atoms with van der Waals surface area (Å²) < 4.78 is 1.93. The zero-order valence-electron chi connectivity index (χ0n) is 10.2. The minimum Gasteiger partial charge on any atom is -0.326 e. The van der Waals surface area contributed by atoms with Gasteiger partial charge in [0, 0.05) is 12.5 Å². The lowest BCUT2D eigenvalue weighted by Gasteiger charge is -2.17. The molecule has 0 bridgehead atoms. The number of hydrogen-bond acceptors (Lipinski definition) is 3. The summed E-state index contributed by atoms with van der Waals surface area (Å²) in [5.74, 6) is 1.81. The molecule has 1 aromatic heterocycles. The number of nitrogens with two attached hydrogens (primary N) is 1. The molecule has 2 aromatic rings. The number of fused-ring (bicyclic) bond motifs is 1. The maximum absolute atomic E-state index is 5.92. The van der Waals surface area contributed by atoms with Gasteiger partial charge in [0.2, 0.25) is 0 Å². The van der Waals surface area contributed by atoms with Crippen molar-refractivity contribution in [2.45, 2.75) is 25.4 Å². The molecule has 0 spiro atoms. The first-order valence-corrected chi connectivity index (χ1v) is 6.24. The Morgan fingerprint density at radius 3 is 2.89 bits per heavy atom. The Morgan fingerprint density at radius 1 is 1.22 bits per heavy atom. The first-order valence-electron chi connectivity index (χ1n) is 6.24. The number of aromatic nitrogens is 3. The Hall–Kier alpha value is -1.94. The highest BCUT2D eigenvalue weighted by Gasteiger charge is 2.17. The zero-order chi connectivity index (χ0) is 12.4. The van der Waals surface area contributed by atoms with Crippen LogP contribution in [-0.2, 0) is 13.0 Å². The third-order valence-electron chi connectivity index (χ3n) is 3.14. The molecule has 1 aromatic carbocycles. The van der Waals surface area contributed by atoms with E-state index in [0.29, 0.717) is 0 Å². The van der Waals surface area contributed by atoms with E-state index in [9.17, 15) is 0 Å². The van der Waals surface area contributed by atoms with Gasteiger partial charge in [0.1, 0.15) is 5.82 Å². The summed E-state index contributed by atoms with van der Waals surface area (Å²) >= 11 is 0. The molecule has 1 aliphatic rings. The number of benzene rings is 1. The predicted octanol–water partition coefficient (Wildman–Crippen LogP) is 1.72. The van der Waals surface area contributed by atoms with E-state index in [-0.39, 0.29) is 6.04 Å². The Bertz CT molecular complexity index is 556. The summed E-state index contributed by atoms with van der Waals surface area (Å²) in [6.07, 6.45) is 5.90. The molecule has 0 saturated carbocycles. The molecule has 1 unspecified atom stereocenters. The Balaban J connectivity index is 1.80. The molecule has 1 aliphatic heterocycles. The van der Waals surface area contributed by atoms with Crippen molar-refractivity contribution in [3.8, 4) is 0 Å². The van der Waals surface area contributed by atoms with Crippen molar-refractivity contribution in [1.82, 2.24) is 14.8 Å². The molecule has 0 fully saturated rings. The molecule has 2 heterocycles. The molecule has 0 aliphatic carbocycles. The minimum atomic E-state index is 0.213. The van der Waals surface area contributed by atoms with Gasteiger partial charge in [-0.25, -0.2) is 9.67 Å². The molecule has 2 N–H and O–H groups in total. The van der Waals surface area contributed by atoms with E-state index in [1.54, 1.807) is 0 Å². The first kappa shape index (κ1) is 11.2. The highest BCUT2D eigenvalue weighted by atomic mass is 15.4. The molecule has 92 valence electrons. The maximum atomic E-state index is 5.92. The molecule has 1 atom stereocenters. The highest BCUT2D eigenvalue weighted by molar-refractivity contribution is 5.66. The summed E-state index contributed by atoms with van der Waals surface area (Å²) in [6.45, 7) is 0.779. The van der Waals surface area contributed by atoms with Gasteiger partial charge in [0.25, 0.3) is 0 Å². The van der Waals surface area contributed by atoms with Crippen LogP contribution in [0, 0.1) is 0 Å². The van der Waals surface area contributed by atoms with Gasteiger partial charge in [-0.2, -0.15) is 5.10 Å². The van der Waals surface area contributed by atoms with Gasteiger partial charge < -0.3 is 5.73 Å². The minimum absolute atomic E-state index is 0.213. The summed E-state index contributed by atoms with van der Waals surface area (Å²) in [5.41, 5.74) is 7.07. The monoisotopic (exact) mass is 240 g/mol. The van der Waals surface area contributed by atoms with Crippen LogP contribution in [0.15, 0.2) is 30.3 Å². The van der Waals surface area contributed by atoms with Crippen molar-refractivity contribution in [3.63, 3.8) is 0 Å². The van der Waals surface area contributed by atoms with Crippen LogP contribution >= 0.6 is 0 Å². The van der Waals surface area contributed by atoms with Gasteiger partial charge in [-0.1, -0.05) is 36.4 Å². The van der Waals surface area contributed by atoms with E-state index >= 15 is 0 Å². The average molecular weight is 240 g/mol. The predicted molar refractivity (Wildman–Crippen MR) is 71.7 cm³/mol. The molecule has 3 rings (SSSR count). The summed E-state index contributed by atoms with van der Waals surface area (Å²) in [6, 6.07) is 10.4. The van der Waals surface area contributed by atoms with Gasteiger partial charge >= 0.3 is 0 Å². The van der Waals surface area contributed by atoms with E-state index < -0.39 is 0 Å². The van der Waals surface area contributed by atoms with Crippen LogP contribution in [0.2, 0.25) is 0 Å². The second-order valence-corrected chi connectivity index (χ2v) is 4.61. The summed E-state index contributed by atoms with van der Waals surface area (Å²) in [4.78, 5) is 4.51. The fourth-order valence-electron chi connectivity index (χ4n) is 2.16. The number of hydrogen-bond donors (Lipinski definition) is 1. The number of rotatable bonds is 2. The Kier molecular flexibility index (Phi) is 2.94. The van der Waals surface area contributed by atoms with Gasteiger partial charge in [0.15, 0.2) is 5.82 Å². The smallest absolute Gasteiger partial charge is 0.174 e. The van der Waals surface area contributed by atoms with Crippen LogP contribution in [-0.4, -0.2) is 20.8 Å². The van der Waals surface area contributed by atoms with Crippen LogP contribution in [0.5, 0.6) is 0 Å². The fraction of sp³-hybridized carbons (Fsp3) is 0.286. The standard InChI is InChI=1S/C14H16N4/c15-12-7-9-14-16-13(17-18(14)10-12)8-6-11-4-2-1-3-5-11/h1-6,8,12H,7,9-10,15H2/b8-6+. The summed E-state index contributed by atoms with van der Waals surface area (Å²) in [5, 5.41) is 4.46. The maximum Gasteiger partial charge on any atom is 0.174 e. The van der Waals surface area contributed by atoms with Crippen molar-refractivity contribution in [1.29, 1.82) is 0 Å². The molecule has 0 radical (unpaired) electrons. The van der Waals surface area contributed by atoms with Crippen LogP contribution < -0.4 is 5.73 Å². The fourth-order valence-corrected chi connectivity index (χ4v) is 2.16. The first-order chi connectivity index (χ1) is 8.81. The molecule has 18 heavy (non-hydrogen) atoms. The second-order valence-electron chi connectivity index (χ2n) is 4.61. The molecule has 0 saturated heterocycles. The van der Waals surface area contributed by atoms with Crippen LogP contribution in [0.25, 0.3) is 12.2 Å². The number of aryl methyl sites for hydroxylation is 1. The highest BCUT2D eigenvalue weighted by Crippen LogP contribution is 2.13. The largest absolute Gasteiger partial charge is 0.326 e. The molecular formula is C14H16N4. The molecule has 4 heteroatoms. The van der Waals surface area contributed by atoms with Crippen LogP contribution in [0.1, 0.15) is 23.6 Å². The van der Waals surface area contributed by atoms with Gasteiger partial charge in [-0.05, 0) is 18.1 Å². The normalized spacial score (nSPS) is 19.1. The molecule has 0 amide bonds. The van der Waals surface area contributed by atoms with E-state index in [0.717, 1.165) is 36.6 Å².